The van der Waals surface area contributed by atoms with Crippen molar-refractivity contribution in [2.24, 2.45) is 0 Å². The standard InChI is InChI=1S/C13H10FNO3/c1-17-8-5-11(18-6-8)12-9-3-2-7(14)4-10(9)15-13(12)16/h2-5H,6H2,1H3,(H,15,16). The summed E-state index contributed by atoms with van der Waals surface area (Å²) in [6, 6.07) is 4.17. The number of halogens is 1. The fourth-order valence-corrected chi connectivity index (χ4v) is 2.03. The highest BCUT2D eigenvalue weighted by Gasteiger charge is 2.30. The molecule has 3 rings (SSSR count). The molecule has 0 bridgehead atoms. The molecule has 0 atom stereocenters. The topological polar surface area (TPSA) is 47.6 Å². The van der Waals surface area contributed by atoms with E-state index in [1.165, 1.54) is 12.1 Å². The molecule has 0 saturated heterocycles. The van der Waals surface area contributed by atoms with E-state index < -0.39 is 0 Å². The Hall–Kier alpha value is -2.30. The van der Waals surface area contributed by atoms with E-state index in [1.807, 2.05) is 0 Å². The summed E-state index contributed by atoms with van der Waals surface area (Å²) in [5.74, 6) is 0.426. The molecule has 5 heteroatoms. The summed E-state index contributed by atoms with van der Waals surface area (Å²) in [6.45, 7) is 0.305. The number of fused-ring (bicyclic) bond motifs is 1. The number of methoxy groups -OCH3 is 1. The summed E-state index contributed by atoms with van der Waals surface area (Å²) in [7, 11) is 1.54. The van der Waals surface area contributed by atoms with E-state index in [-0.39, 0.29) is 11.7 Å². The number of rotatable bonds is 1. The van der Waals surface area contributed by atoms with Crippen LogP contribution in [0.2, 0.25) is 0 Å². The van der Waals surface area contributed by atoms with Crippen molar-refractivity contribution in [2.45, 2.75) is 0 Å². The number of hydrogen-bond acceptors (Lipinski definition) is 3. The van der Waals surface area contributed by atoms with E-state index in [0.717, 1.165) is 0 Å². The first kappa shape index (κ1) is 10.8. The van der Waals surface area contributed by atoms with Crippen molar-refractivity contribution in [1.82, 2.24) is 0 Å². The second-order valence-electron chi connectivity index (χ2n) is 3.99. The molecule has 1 amide bonds. The van der Waals surface area contributed by atoms with Crippen molar-refractivity contribution in [1.29, 1.82) is 0 Å². The van der Waals surface area contributed by atoms with E-state index in [0.29, 0.717) is 34.9 Å². The van der Waals surface area contributed by atoms with Gasteiger partial charge in [0, 0.05) is 11.6 Å². The van der Waals surface area contributed by atoms with Gasteiger partial charge in [0.05, 0.1) is 18.4 Å². The Morgan fingerprint density at radius 1 is 1.44 bits per heavy atom. The van der Waals surface area contributed by atoms with E-state index in [2.05, 4.69) is 5.32 Å². The molecule has 0 spiro atoms. The molecule has 18 heavy (non-hydrogen) atoms. The third kappa shape index (κ3) is 1.55. The number of nitrogens with one attached hydrogen (secondary N) is 1. The van der Waals surface area contributed by atoms with Crippen molar-refractivity contribution in [2.75, 3.05) is 19.0 Å². The van der Waals surface area contributed by atoms with E-state index in [1.54, 1.807) is 19.3 Å². The summed E-state index contributed by atoms with van der Waals surface area (Å²) < 4.78 is 23.5. The number of amides is 1. The maximum Gasteiger partial charge on any atom is 0.260 e. The number of hydrogen-bond donors (Lipinski definition) is 1. The van der Waals surface area contributed by atoms with Gasteiger partial charge in [0.15, 0.2) is 0 Å². The van der Waals surface area contributed by atoms with E-state index in [9.17, 15) is 9.18 Å². The van der Waals surface area contributed by atoms with Crippen LogP contribution in [0.1, 0.15) is 5.56 Å². The lowest BCUT2D eigenvalue weighted by atomic mass is 10.1. The summed E-state index contributed by atoms with van der Waals surface area (Å²) in [4.78, 5) is 11.9. The Morgan fingerprint density at radius 3 is 3.00 bits per heavy atom. The Balaban J connectivity index is 2.13. The van der Waals surface area contributed by atoms with Gasteiger partial charge in [-0.2, -0.15) is 0 Å². The first-order valence-corrected chi connectivity index (χ1v) is 5.42. The molecule has 0 unspecified atom stereocenters. The van der Waals surface area contributed by atoms with Crippen LogP contribution < -0.4 is 5.32 Å². The van der Waals surface area contributed by atoms with Gasteiger partial charge >= 0.3 is 0 Å². The highest BCUT2D eigenvalue weighted by Crippen LogP contribution is 2.36. The van der Waals surface area contributed by atoms with Crippen molar-refractivity contribution in [3.8, 4) is 0 Å². The molecule has 0 fully saturated rings. The number of carbonyl (C=O) groups excluding carboxylic acids is 1. The quantitative estimate of drug-likeness (QED) is 0.772. The zero-order valence-corrected chi connectivity index (χ0v) is 9.62. The molecule has 0 aromatic heterocycles. The molecule has 1 aromatic carbocycles. The fourth-order valence-electron chi connectivity index (χ4n) is 2.03. The van der Waals surface area contributed by atoms with Crippen LogP contribution in [0.5, 0.6) is 0 Å². The fraction of sp³-hybridized carbons (Fsp3) is 0.154. The zero-order chi connectivity index (χ0) is 12.7. The van der Waals surface area contributed by atoms with Crippen molar-refractivity contribution >= 4 is 17.2 Å². The number of ether oxygens (including phenoxy) is 2. The van der Waals surface area contributed by atoms with Crippen LogP contribution in [0, 0.1) is 5.82 Å². The lowest BCUT2D eigenvalue weighted by molar-refractivity contribution is -0.110. The highest BCUT2D eigenvalue weighted by molar-refractivity contribution is 6.32. The van der Waals surface area contributed by atoms with Crippen molar-refractivity contribution in [3.05, 3.63) is 47.2 Å². The number of carbonyl (C=O) groups is 1. The van der Waals surface area contributed by atoms with Gasteiger partial charge in [-0.05, 0) is 18.2 Å². The summed E-state index contributed by atoms with van der Waals surface area (Å²) >= 11 is 0. The Morgan fingerprint density at radius 2 is 2.28 bits per heavy atom. The normalized spacial score (nSPS) is 21.2. The van der Waals surface area contributed by atoms with Crippen LogP contribution in [0.3, 0.4) is 0 Å². The van der Waals surface area contributed by atoms with Gasteiger partial charge in [-0.25, -0.2) is 4.39 Å². The molecule has 0 radical (unpaired) electrons. The van der Waals surface area contributed by atoms with Gasteiger partial charge in [-0.1, -0.05) is 0 Å². The average molecular weight is 247 g/mol. The molecule has 1 N–H and O–H groups in total. The Kier molecular flexibility index (Phi) is 2.33. The van der Waals surface area contributed by atoms with Crippen LogP contribution in [0.4, 0.5) is 10.1 Å². The molecule has 0 saturated carbocycles. The smallest absolute Gasteiger partial charge is 0.260 e. The van der Waals surface area contributed by atoms with Crippen LogP contribution >= 0.6 is 0 Å². The maximum atomic E-state index is 13.1. The maximum absolute atomic E-state index is 13.1. The number of allylic oxidation sites excluding steroid dienone is 1. The average Bonchev–Trinajstić information content (AvgIpc) is 2.91. The van der Waals surface area contributed by atoms with Gasteiger partial charge in [0.2, 0.25) is 0 Å². The van der Waals surface area contributed by atoms with Crippen LogP contribution in [-0.4, -0.2) is 19.6 Å². The molecule has 2 aliphatic rings. The molecule has 4 nitrogen and oxygen atoms in total. The van der Waals surface area contributed by atoms with Crippen molar-refractivity contribution in [3.63, 3.8) is 0 Å². The minimum absolute atomic E-state index is 0.292. The number of anilines is 1. The van der Waals surface area contributed by atoms with Crippen LogP contribution in [0.15, 0.2) is 35.8 Å². The first-order chi connectivity index (χ1) is 8.69. The molecular formula is C13H10FNO3. The van der Waals surface area contributed by atoms with Crippen molar-refractivity contribution < 1.29 is 18.7 Å². The Labute approximate surface area is 103 Å². The second kappa shape index (κ2) is 3.87. The zero-order valence-electron chi connectivity index (χ0n) is 9.62. The minimum Gasteiger partial charge on any atom is -0.497 e. The second-order valence-corrected chi connectivity index (χ2v) is 3.99. The lowest BCUT2D eigenvalue weighted by Crippen LogP contribution is -2.05. The molecule has 2 aliphatic heterocycles. The molecule has 1 aromatic rings. The molecular weight excluding hydrogens is 237 g/mol. The SMILES string of the molecule is COC1=CC(=C2C(=O)Nc3cc(F)ccc32)OC1. The third-order valence-corrected chi connectivity index (χ3v) is 2.90. The van der Waals surface area contributed by atoms with Gasteiger partial charge in [-0.3, -0.25) is 4.79 Å². The first-order valence-electron chi connectivity index (χ1n) is 5.42. The Bertz CT molecular complexity index is 604. The summed E-state index contributed by atoms with van der Waals surface area (Å²) in [6.07, 6.45) is 1.67. The largest absolute Gasteiger partial charge is 0.497 e. The highest BCUT2D eigenvalue weighted by atomic mass is 19.1. The predicted octanol–water partition coefficient (Wildman–Crippen LogP) is 2.05. The molecule has 0 aliphatic carbocycles. The van der Waals surface area contributed by atoms with Gasteiger partial charge in [0.25, 0.3) is 5.91 Å². The monoisotopic (exact) mass is 247 g/mol. The van der Waals surface area contributed by atoms with Gasteiger partial charge in [0.1, 0.15) is 23.9 Å². The molecule has 2 heterocycles. The van der Waals surface area contributed by atoms with Crippen LogP contribution in [0.25, 0.3) is 5.57 Å². The van der Waals surface area contributed by atoms with E-state index in [4.69, 9.17) is 9.47 Å². The van der Waals surface area contributed by atoms with Crippen LogP contribution in [-0.2, 0) is 14.3 Å². The minimum atomic E-state index is -0.388. The lowest BCUT2D eigenvalue weighted by Gasteiger charge is -2.02. The molecule has 92 valence electrons. The van der Waals surface area contributed by atoms with E-state index >= 15 is 0 Å². The summed E-state index contributed by atoms with van der Waals surface area (Å²) in [5.41, 5.74) is 1.52. The summed E-state index contributed by atoms with van der Waals surface area (Å²) in [5, 5.41) is 2.61. The predicted molar refractivity (Wildman–Crippen MR) is 63.0 cm³/mol. The number of benzene rings is 1. The third-order valence-electron chi connectivity index (χ3n) is 2.90. The van der Waals surface area contributed by atoms with Gasteiger partial charge in [-0.15, -0.1) is 0 Å². The van der Waals surface area contributed by atoms with Gasteiger partial charge < -0.3 is 14.8 Å².